The number of hydrogen-bond donors (Lipinski definition) is 1. The van der Waals surface area contributed by atoms with Crippen LogP contribution in [0.1, 0.15) is 35.0 Å². The first-order valence-corrected chi connectivity index (χ1v) is 10.2. The van der Waals surface area contributed by atoms with Gasteiger partial charge in [-0.25, -0.2) is 0 Å². The van der Waals surface area contributed by atoms with Crippen LogP contribution in [-0.4, -0.2) is 36.7 Å². The molecule has 1 aliphatic rings. The number of aryl methyl sites for hydroxylation is 1. The molecule has 0 unspecified atom stereocenters. The molecule has 0 bridgehead atoms. The minimum absolute atomic E-state index is 0.217. The number of amides is 1. The number of benzene rings is 2. The van der Waals surface area contributed by atoms with E-state index >= 15 is 0 Å². The van der Waals surface area contributed by atoms with Crippen molar-refractivity contribution >= 4 is 28.2 Å². The van der Waals surface area contributed by atoms with Gasteiger partial charge in [-0.15, -0.1) is 0 Å². The molecule has 0 aliphatic carbocycles. The molecule has 4 rings (SSSR count). The smallest absolute Gasteiger partial charge is 0.255 e. The average Bonchev–Trinajstić information content (AvgIpc) is 3.21. The summed E-state index contributed by atoms with van der Waals surface area (Å²) < 4.78 is 5.79. The summed E-state index contributed by atoms with van der Waals surface area (Å²) >= 11 is 0. The molecule has 1 amide bonds. The SMILES string of the molecule is CCO[C@H]1CCN(c2cc(C)nc3cc(NC(=O)c4ccc(C#N)cc4)ccc23)C1. The van der Waals surface area contributed by atoms with Gasteiger partial charge in [-0.05, 0) is 68.8 Å². The molecule has 6 heteroatoms. The summed E-state index contributed by atoms with van der Waals surface area (Å²) in [5, 5.41) is 12.9. The summed E-state index contributed by atoms with van der Waals surface area (Å²) in [6, 6.07) is 16.6. The highest BCUT2D eigenvalue weighted by atomic mass is 16.5. The van der Waals surface area contributed by atoms with E-state index in [2.05, 4.69) is 27.3 Å². The van der Waals surface area contributed by atoms with Crippen LogP contribution in [0.15, 0.2) is 48.5 Å². The third-order valence-electron chi connectivity index (χ3n) is 5.34. The molecule has 0 saturated carbocycles. The predicted octanol–water partition coefficient (Wildman–Crippen LogP) is 4.28. The van der Waals surface area contributed by atoms with Crippen molar-refractivity contribution in [2.45, 2.75) is 26.4 Å². The van der Waals surface area contributed by atoms with Crippen LogP contribution in [0.5, 0.6) is 0 Å². The number of rotatable bonds is 5. The van der Waals surface area contributed by atoms with E-state index < -0.39 is 0 Å². The van der Waals surface area contributed by atoms with Crippen molar-refractivity contribution in [3.8, 4) is 6.07 Å². The van der Waals surface area contributed by atoms with Crippen LogP contribution in [0.3, 0.4) is 0 Å². The minimum atomic E-state index is -0.217. The van der Waals surface area contributed by atoms with E-state index in [0.29, 0.717) is 16.8 Å². The van der Waals surface area contributed by atoms with Crippen molar-refractivity contribution in [3.05, 3.63) is 65.4 Å². The van der Waals surface area contributed by atoms with Gasteiger partial charge < -0.3 is 15.0 Å². The van der Waals surface area contributed by atoms with E-state index in [0.717, 1.165) is 48.4 Å². The third-order valence-corrected chi connectivity index (χ3v) is 5.34. The fourth-order valence-electron chi connectivity index (χ4n) is 3.90. The maximum absolute atomic E-state index is 12.6. The molecular formula is C24H24N4O2. The number of anilines is 2. The van der Waals surface area contributed by atoms with Gasteiger partial charge in [0.2, 0.25) is 0 Å². The Bertz CT molecular complexity index is 1120. The Hall–Kier alpha value is -3.43. The Labute approximate surface area is 176 Å². The van der Waals surface area contributed by atoms with Crippen LogP contribution in [0.2, 0.25) is 0 Å². The molecular weight excluding hydrogens is 376 g/mol. The summed E-state index contributed by atoms with van der Waals surface area (Å²) in [7, 11) is 0. The predicted molar refractivity (Wildman–Crippen MR) is 118 cm³/mol. The normalized spacial score (nSPS) is 15.9. The highest BCUT2D eigenvalue weighted by Crippen LogP contribution is 2.31. The van der Waals surface area contributed by atoms with Gasteiger partial charge in [-0.1, -0.05) is 0 Å². The molecule has 1 fully saturated rings. The summed E-state index contributed by atoms with van der Waals surface area (Å²) in [6.07, 6.45) is 1.29. The zero-order chi connectivity index (χ0) is 21.1. The average molecular weight is 400 g/mol. The molecule has 2 aromatic carbocycles. The largest absolute Gasteiger partial charge is 0.377 e. The molecule has 1 aromatic heterocycles. The molecule has 3 aromatic rings. The van der Waals surface area contributed by atoms with Crippen LogP contribution in [-0.2, 0) is 4.74 Å². The van der Waals surface area contributed by atoms with Crippen molar-refractivity contribution in [3.63, 3.8) is 0 Å². The third kappa shape index (κ3) is 4.12. The topological polar surface area (TPSA) is 78.2 Å². The van der Waals surface area contributed by atoms with Gasteiger partial charge in [0.25, 0.3) is 5.91 Å². The van der Waals surface area contributed by atoms with Crippen LogP contribution in [0.4, 0.5) is 11.4 Å². The molecule has 0 radical (unpaired) electrons. The number of carbonyl (C=O) groups excluding carboxylic acids is 1. The second-order valence-corrected chi connectivity index (χ2v) is 7.47. The van der Waals surface area contributed by atoms with Crippen molar-refractivity contribution < 1.29 is 9.53 Å². The minimum Gasteiger partial charge on any atom is -0.377 e. The number of nitriles is 1. The molecule has 1 N–H and O–H groups in total. The van der Waals surface area contributed by atoms with Crippen molar-refractivity contribution in [1.29, 1.82) is 5.26 Å². The first kappa shape index (κ1) is 19.9. The van der Waals surface area contributed by atoms with Gasteiger partial charge in [-0.3, -0.25) is 9.78 Å². The zero-order valence-corrected chi connectivity index (χ0v) is 17.2. The fraction of sp³-hybridized carbons (Fsp3) is 0.292. The lowest BCUT2D eigenvalue weighted by Crippen LogP contribution is -2.23. The number of aromatic nitrogens is 1. The van der Waals surface area contributed by atoms with Crippen molar-refractivity contribution in [2.24, 2.45) is 0 Å². The lowest BCUT2D eigenvalue weighted by Gasteiger charge is -2.21. The number of nitrogens with zero attached hydrogens (tertiary/aromatic N) is 3. The van der Waals surface area contributed by atoms with Crippen LogP contribution in [0, 0.1) is 18.3 Å². The monoisotopic (exact) mass is 400 g/mol. The molecule has 1 aliphatic heterocycles. The Morgan fingerprint density at radius 3 is 2.80 bits per heavy atom. The summed E-state index contributed by atoms with van der Waals surface area (Å²) in [5.74, 6) is -0.217. The molecule has 1 atom stereocenters. The van der Waals surface area contributed by atoms with Gasteiger partial charge in [0.15, 0.2) is 0 Å². The van der Waals surface area contributed by atoms with Crippen molar-refractivity contribution in [1.82, 2.24) is 4.98 Å². The van der Waals surface area contributed by atoms with Crippen LogP contribution in [0.25, 0.3) is 10.9 Å². The number of pyridine rings is 1. The Balaban J connectivity index is 1.58. The first-order chi connectivity index (χ1) is 14.6. The first-order valence-electron chi connectivity index (χ1n) is 10.2. The maximum atomic E-state index is 12.6. The molecule has 152 valence electrons. The van der Waals surface area contributed by atoms with Crippen molar-refractivity contribution in [2.75, 3.05) is 29.9 Å². The second kappa shape index (κ2) is 8.52. The highest BCUT2D eigenvalue weighted by Gasteiger charge is 2.24. The number of carbonyl (C=O) groups is 1. The van der Waals surface area contributed by atoms with E-state index in [1.54, 1.807) is 24.3 Å². The van der Waals surface area contributed by atoms with Gasteiger partial charge in [0.05, 0.1) is 23.3 Å². The second-order valence-electron chi connectivity index (χ2n) is 7.47. The number of ether oxygens (including phenoxy) is 1. The lowest BCUT2D eigenvalue weighted by atomic mass is 10.1. The van der Waals surface area contributed by atoms with E-state index in [-0.39, 0.29) is 12.0 Å². The maximum Gasteiger partial charge on any atom is 0.255 e. The van der Waals surface area contributed by atoms with E-state index in [4.69, 9.17) is 10.00 Å². The van der Waals surface area contributed by atoms with Gasteiger partial charge >= 0.3 is 0 Å². The summed E-state index contributed by atoms with van der Waals surface area (Å²) in [5.41, 5.74) is 4.67. The molecule has 1 saturated heterocycles. The molecule has 30 heavy (non-hydrogen) atoms. The van der Waals surface area contributed by atoms with Gasteiger partial charge in [0.1, 0.15) is 0 Å². The number of fused-ring (bicyclic) bond motifs is 1. The Morgan fingerprint density at radius 1 is 1.27 bits per heavy atom. The number of nitrogens with one attached hydrogen (secondary N) is 1. The van der Waals surface area contributed by atoms with E-state index in [1.165, 1.54) is 0 Å². The summed E-state index contributed by atoms with van der Waals surface area (Å²) in [6.45, 7) is 6.59. The Kier molecular flexibility index (Phi) is 5.64. The molecule has 2 heterocycles. The van der Waals surface area contributed by atoms with Gasteiger partial charge in [0, 0.05) is 47.7 Å². The lowest BCUT2D eigenvalue weighted by molar-refractivity contribution is 0.0788. The van der Waals surface area contributed by atoms with E-state index in [9.17, 15) is 4.79 Å². The van der Waals surface area contributed by atoms with Crippen LogP contribution < -0.4 is 10.2 Å². The summed E-state index contributed by atoms with van der Waals surface area (Å²) in [4.78, 5) is 19.6. The van der Waals surface area contributed by atoms with Crippen LogP contribution >= 0.6 is 0 Å². The molecule has 6 nitrogen and oxygen atoms in total. The quantitative estimate of drug-likeness (QED) is 0.691. The Morgan fingerprint density at radius 2 is 2.07 bits per heavy atom. The molecule has 0 spiro atoms. The highest BCUT2D eigenvalue weighted by molar-refractivity contribution is 6.05. The van der Waals surface area contributed by atoms with Gasteiger partial charge in [-0.2, -0.15) is 5.26 Å². The zero-order valence-electron chi connectivity index (χ0n) is 17.2. The fourth-order valence-corrected chi connectivity index (χ4v) is 3.90. The number of hydrogen-bond acceptors (Lipinski definition) is 5. The van der Waals surface area contributed by atoms with E-state index in [1.807, 2.05) is 32.0 Å². The standard InChI is InChI=1S/C24H24N4O2/c1-3-30-20-10-11-28(15-20)23-12-16(2)26-22-13-19(8-9-21(22)23)27-24(29)18-6-4-17(14-25)5-7-18/h4-9,12-13,20H,3,10-11,15H2,1-2H3,(H,27,29)/t20-/m0/s1.